The minimum atomic E-state index is 0.123. The van der Waals surface area contributed by atoms with Crippen molar-refractivity contribution < 1.29 is 13.9 Å². The molecule has 2 heterocycles. The van der Waals surface area contributed by atoms with Gasteiger partial charge in [0.15, 0.2) is 11.6 Å². The number of anilines is 3. The summed E-state index contributed by atoms with van der Waals surface area (Å²) >= 11 is 6.05. The van der Waals surface area contributed by atoms with E-state index in [0.29, 0.717) is 39.6 Å². The number of nitrogens with two attached hydrogens (primary N) is 3. The monoisotopic (exact) mass is 390 g/mol. The summed E-state index contributed by atoms with van der Waals surface area (Å²) in [5, 5.41) is 0.503. The number of nitrogens with zero attached hydrogens (tertiary/aromatic N) is 2. The van der Waals surface area contributed by atoms with Crippen molar-refractivity contribution in [3.8, 4) is 23.0 Å². The number of nitrogen functional groups attached to an aromatic ring is 3. The molecule has 0 radical (unpaired) electrons. The summed E-state index contributed by atoms with van der Waals surface area (Å²) in [7, 11) is 1.54. The number of pyridine rings is 1. The highest BCUT2D eigenvalue weighted by molar-refractivity contribution is 6.32. The number of benzene rings is 1. The Labute approximate surface area is 160 Å². The largest absolute Gasteiger partial charge is 0.495 e. The molecular formula is C17H19ClN6O3. The molecule has 1 aromatic carbocycles. The lowest BCUT2D eigenvalue weighted by Gasteiger charge is -2.12. The van der Waals surface area contributed by atoms with Crippen LogP contribution >= 0.6 is 11.6 Å². The first-order valence-corrected chi connectivity index (χ1v) is 8.26. The van der Waals surface area contributed by atoms with E-state index in [2.05, 4.69) is 15.4 Å². The van der Waals surface area contributed by atoms with E-state index >= 15 is 0 Å². The molecule has 0 unspecified atom stereocenters. The summed E-state index contributed by atoms with van der Waals surface area (Å²) < 4.78 is 16.7. The predicted molar refractivity (Wildman–Crippen MR) is 103 cm³/mol. The molecule has 3 aromatic rings. The van der Waals surface area contributed by atoms with Crippen molar-refractivity contribution in [1.29, 1.82) is 0 Å². The molecule has 0 aliphatic carbocycles. The van der Waals surface area contributed by atoms with E-state index in [4.69, 9.17) is 42.8 Å². The minimum absolute atomic E-state index is 0.123. The predicted octanol–water partition coefficient (Wildman–Crippen LogP) is 2.74. The molecule has 0 atom stereocenters. The zero-order chi connectivity index (χ0) is 19.6. The number of oxazole rings is 1. The van der Waals surface area contributed by atoms with Crippen molar-refractivity contribution in [1.82, 2.24) is 9.97 Å². The Hall–Kier alpha value is -3.17. The van der Waals surface area contributed by atoms with Crippen molar-refractivity contribution in [3.05, 3.63) is 40.7 Å². The number of hydrogen-bond donors (Lipinski definition) is 4. The van der Waals surface area contributed by atoms with E-state index in [1.54, 1.807) is 32.2 Å². The van der Waals surface area contributed by atoms with Crippen LogP contribution in [0, 0.1) is 6.92 Å². The molecule has 0 amide bonds. The number of halogens is 1. The second-order valence-electron chi connectivity index (χ2n) is 5.61. The number of hydrogen-bond acceptors (Lipinski definition) is 9. The minimum Gasteiger partial charge on any atom is -0.495 e. The first-order valence-electron chi connectivity index (χ1n) is 7.88. The molecule has 9 nitrogen and oxygen atoms in total. The molecule has 27 heavy (non-hydrogen) atoms. The van der Waals surface area contributed by atoms with E-state index in [1.807, 2.05) is 0 Å². The zero-order valence-electron chi connectivity index (χ0n) is 14.7. The van der Waals surface area contributed by atoms with Gasteiger partial charge in [-0.3, -0.25) is 5.84 Å². The second kappa shape index (κ2) is 7.60. The number of rotatable bonds is 6. The van der Waals surface area contributed by atoms with Gasteiger partial charge in [-0.2, -0.15) is 0 Å². The lowest BCUT2D eigenvalue weighted by atomic mass is 10.2. The second-order valence-corrected chi connectivity index (χ2v) is 6.02. The van der Waals surface area contributed by atoms with Crippen LogP contribution in [0.3, 0.4) is 0 Å². The number of aryl methyl sites for hydroxylation is 1. The van der Waals surface area contributed by atoms with Gasteiger partial charge < -0.3 is 30.8 Å². The Balaban J connectivity index is 1.84. The van der Waals surface area contributed by atoms with Gasteiger partial charge >= 0.3 is 0 Å². The van der Waals surface area contributed by atoms with Gasteiger partial charge in [0.25, 0.3) is 0 Å². The maximum absolute atomic E-state index is 6.05. The van der Waals surface area contributed by atoms with E-state index in [-0.39, 0.29) is 18.2 Å². The molecule has 0 fully saturated rings. The summed E-state index contributed by atoms with van der Waals surface area (Å²) in [6, 6.07) is 6.78. The third-order valence-corrected chi connectivity index (χ3v) is 4.14. The van der Waals surface area contributed by atoms with E-state index in [0.717, 1.165) is 5.56 Å². The summed E-state index contributed by atoms with van der Waals surface area (Å²) in [4.78, 5) is 8.40. The fourth-order valence-corrected chi connectivity index (χ4v) is 2.64. The third-order valence-electron chi connectivity index (χ3n) is 3.83. The lowest BCUT2D eigenvalue weighted by Crippen LogP contribution is -2.13. The first-order chi connectivity index (χ1) is 12.9. The Morgan fingerprint density at radius 2 is 1.96 bits per heavy atom. The smallest absolute Gasteiger partial charge is 0.226 e. The van der Waals surface area contributed by atoms with Crippen LogP contribution in [0.4, 0.5) is 17.3 Å². The molecule has 0 aliphatic rings. The standard InChI is InChI=1S/C17H19ClN6O3/c1-8-11(7-26-13-6-14(19)23-16(20)15(13)24-21)22-17(27-8)9-3-4-10(18)12(5-9)25-2/h3-6,24H,7,21H2,1-2H3,(H4,19,20,23). The Morgan fingerprint density at radius 3 is 2.67 bits per heavy atom. The van der Waals surface area contributed by atoms with Gasteiger partial charge in [0, 0.05) is 11.6 Å². The summed E-state index contributed by atoms with van der Waals surface area (Å²) in [5.41, 5.74) is 15.6. The van der Waals surface area contributed by atoms with Gasteiger partial charge in [-0.15, -0.1) is 0 Å². The summed E-state index contributed by atoms with van der Waals surface area (Å²) in [5.74, 6) is 7.75. The Bertz CT molecular complexity index is 976. The highest BCUT2D eigenvalue weighted by Crippen LogP contribution is 2.33. The van der Waals surface area contributed by atoms with Gasteiger partial charge in [0.2, 0.25) is 5.89 Å². The maximum Gasteiger partial charge on any atom is 0.226 e. The van der Waals surface area contributed by atoms with Gasteiger partial charge in [-0.1, -0.05) is 11.6 Å². The fraction of sp³-hybridized carbons (Fsp3) is 0.176. The lowest BCUT2D eigenvalue weighted by molar-refractivity contribution is 0.301. The number of aromatic nitrogens is 2. The summed E-state index contributed by atoms with van der Waals surface area (Å²) in [6.07, 6.45) is 0. The van der Waals surface area contributed by atoms with Crippen LogP contribution in [-0.2, 0) is 6.61 Å². The van der Waals surface area contributed by atoms with Crippen LogP contribution in [0.1, 0.15) is 11.5 Å². The molecule has 0 bridgehead atoms. The molecule has 0 saturated carbocycles. The molecule has 0 aliphatic heterocycles. The highest BCUT2D eigenvalue weighted by Gasteiger charge is 2.16. The number of ether oxygens (including phenoxy) is 2. The van der Waals surface area contributed by atoms with Crippen LogP contribution < -0.4 is 32.2 Å². The van der Waals surface area contributed by atoms with Crippen molar-refractivity contribution in [2.24, 2.45) is 5.84 Å². The molecule has 3 rings (SSSR count). The van der Waals surface area contributed by atoms with E-state index in [9.17, 15) is 0 Å². The molecule has 0 saturated heterocycles. The number of nitrogens with one attached hydrogen (secondary N) is 1. The normalized spacial score (nSPS) is 10.7. The van der Waals surface area contributed by atoms with E-state index in [1.165, 1.54) is 6.07 Å². The number of methoxy groups -OCH3 is 1. The highest BCUT2D eigenvalue weighted by atomic mass is 35.5. The Kier molecular flexibility index (Phi) is 5.24. The molecule has 2 aromatic heterocycles. The fourth-order valence-electron chi connectivity index (χ4n) is 2.44. The molecule has 10 heteroatoms. The Morgan fingerprint density at radius 1 is 1.19 bits per heavy atom. The van der Waals surface area contributed by atoms with Gasteiger partial charge in [0.1, 0.15) is 35.3 Å². The topological polar surface area (TPSA) is 147 Å². The van der Waals surface area contributed by atoms with Crippen LogP contribution in [-0.4, -0.2) is 17.1 Å². The molecule has 142 valence electrons. The quantitative estimate of drug-likeness (QED) is 0.368. The first kappa shape index (κ1) is 18.6. The van der Waals surface area contributed by atoms with E-state index < -0.39 is 0 Å². The molecule has 0 spiro atoms. The van der Waals surface area contributed by atoms with Gasteiger partial charge in [-0.25, -0.2) is 9.97 Å². The van der Waals surface area contributed by atoms with Gasteiger partial charge in [-0.05, 0) is 25.1 Å². The average molecular weight is 391 g/mol. The average Bonchev–Trinajstić information content (AvgIpc) is 3.00. The van der Waals surface area contributed by atoms with Crippen molar-refractivity contribution in [2.45, 2.75) is 13.5 Å². The maximum atomic E-state index is 6.05. The van der Waals surface area contributed by atoms with Crippen molar-refractivity contribution in [2.75, 3.05) is 24.0 Å². The van der Waals surface area contributed by atoms with Crippen LogP contribution in [0.2, 0.25) is 5.02 Å². The van der Waals surface area contributed by atoms with Crippen LogP contribution in [0.15, 0.2) is 28.7 Å². The van der Waals surface area contributed by atoms with Crippen molar-refractivity contribution in [3.63, 3.8) is 0 Å². The summed E-state index contributed by atoms with van der Waals surface area (Å²) in [6.45, 7) is 1.91. The molecule has 7 N–H and O–H groups in total. The number of hydrazine groups is 1. The zero-order valence-corrected chi connectivity index (χ0v) is 15.5. The van der Waals surface area contributed by atoms with Gasteiger partial charge in [0.05, 0.1) is 12.1 Å². The van der Waals surface area contributed by atoms with Crippen LogP contribution in [0.25, 0.3) is 11.5 Å². The SMILES string of the molecule is COc1cc(-c2nc(COc3cc(N)nc(N)c3NN)c(C)o2)ccc1Cl. The van der Waals surface area contributed by atoms with Crippen LogP contribution in [0.5, 0.6) is 11.5 Å². The van der Waals surface area contributed by atoms with Crippen molar-refractivity contribution >= 4 is 28.9 Å². The third kappa shape index (κ3) is 3.83. The molecular weight excluding hydrogens is 372 g/mol.